The molecule has 0 fully saturated rings. The van der Waals surface area contributed by atoms with Gasteiger partial charge in [-0.05, 0) is 24.1 Å². The second kappa shape index (κ2) is 8.37. The number of aromatic amines is 1. The van der Waals surface area contributed by atoms with Gasteiger partial charge in [0.15, 0.2) is 9.84 Å². The van der Waals surface area contributed by atoms with Crippen LogP contribution in [0.1, 0.15) is 41.8 Å². The molecule has 0 aliphatic heterocycles. The molecule has 2 N–H and O–H groups in total. The zero-order valence-corrected chi connectivity index (χ0v) is 18.3. The topological polar surface area (TPSA) is 127 Å². The van der Waals surface area contributed by atoms with Gasteiger partial charge in [-0.25, -0.2) is 28.2 Å². The predicted molar refractivity (Wildman–Crippen MR) is 109 cm³/mol. The molecule has 32 heavy (non-hydrogen) atoms. The smallest absolute Gasteiger partial charge is 0.433 e. The van der Waals surface area contributed by atoms with Crippen LogP contribution in [0.4, 0.5) is 19.1 Å². The normalized spacial score (nSPS) is 13.4. The number of imidazole rings is 1. The van der Waals surface area contributed by atoms with Crippen molar-refractivity contribution in [2.45, 2.75) is 31.0 Å². The molecule has 2 aromatic heterocycles. The third kappa shape index (κ3) is 4.82. The van der Waals surface area contributed by atoms with Crippen molar-refractivity contribution >= 4 is 32.8 Å². The van der Waals surface area contributed by atoms with Gasteiger partial charge in [-0.1, -0.05) is 13.8 Å². The van der Waals surface area contributed by atoms with E-state index in [1.54, 1.807) is 13.8 Å². The third-order valence-electron chi connectivity index (χ3n) is 4.60. The summed E-state index contributed by atoms with van der Waals surface area (Å²) < 4.78 is 67.9. The van der Waals surface area contributed by atoms with Crippen LogP contribution in [0.15, 0.2) is 29.3 Å². The number of benzene rings is 1. The minimum Gasteiger partial charge on any atom is -0.465 e. The van der Waals surface area contributed by atoms with Crippen molar-refractivity contribution in [3.8, 4) is 0 Å². The molecule has 0 aliphatic rings. The fraction of sp³-hybridized carbons (Fsp3) is 0.368. The number of alkyl halides is 3. The van der Waals surface area contributed by atoms with E-state index in [4.69, 9.17) is 0 Å². The van der Waals surface area contributed by atoms with Crippen LogP contribution in [-0.4, -0.2) is 47.7 Å². The van der Waals surface area contributed by atoms with E-state index in [9.17, 15) is 26.4 Å². The van der Waals surface area contributed by atoms with Gasteiger partial charge >= 0.3 is 12.1 Å². The fourth-order valence-electron chi connectivity index (χ4n) is 3.06. The highest BCUT2D eigenvalue weighted by Crippen LogP contribution is 2.30. The van der Waals surface area contributed by atoms with Gasteiger partial charge in [-0.3, -0.25) is 0 Å². The van der Waals surface area contributed by atoms with Crippen molar-refractivity contribution in [2.75, 3.05) is 18.7 Å². The number of H-pyrrole nitrogens is 1. The maximum Gasteiger partial charge on any atom is 0.433 e. The number of carbonyl (C=O) groups is 1. The summed E-state index contributed by atoms with van der Waals surface area (Å²) in [5.41, 5.74) is -0.658. The Morgan fingerprint density at radius 1 is 1.22 bits per heavy atom. The maximum atomic E-state index is 13.0. The van der Waals surface area contributed by atoms with E-state index in [0.29, 0.717) is 11.3 Å². The number of anilines is 1. The number of carbonyl (C=O) groups excluding carboxylic acids is 1. The second-order valence-electron chi connectivity index (χ2n) is 7.38. The van der Waals surface area contributed by atoms with Gasteiger partial charge in [0.2, 0.25) is 5.95 Å². The van der Waals surface area contributed by atoms with E-state index in [1.165, 1.54) is 12.1 Å². The molecule has 0 saturated carbocycles. The zero-order chi connectivity index (χ0) is 23.8. The molecule has 1 unspecified atom stereocenters. The summed E-state index contributed by atoms with van der Waals surface area (Å²) in [7, 11) is -2.64. The number of hydrogen-bond donors (Lipinski definition) is 2. The highest BCUT2D eigenvalue weighted by atomic mass is 32.2. The van der Waals surface area contributed by atoms with Crippen molar-refractivity contribution in [1.29, 1.82) is 0 Å². The fourth-order valence-corrected chi connectivity index (χ4v) is 3.93. The van der Waals surface area contributed by atoms with E-state index < -0.39 is 33.7 Å². The van der Waals surface area contributed by atoms with Gasteiger partial charge < -0.3 is 15.0 Å². The Morgan fingerprint density at radius 3 is 2.47 bits per heavy atom. The Labute approximate surface area is 181 Å². The minimum absolute atomic E-state index is 0.171. The first-order valence-corrected chi connectivity index (χ1v) is 11.2. The van der Waals surface area contributed by atoms with Crippen LogP contribution >= 0.6 is 0 Å². The van der Waals surface area contributed by atoms with Gasteiger partial charge in [-0.15, -0.1) is 0 Å². The Bertz CT molecular complexity index is 1270. The lowest BCUT2D eigenvalue weighted by Crippen LogP contribution is -2.20. The molecule has 1 atom stereocenters. The summed E-state index contributed by atoms with van der Waals surface area (Å²) >= 11 is 0. The lowest BCUT2D eigenvalue weighted by molar-refractivity contribution is -0.141. The predicted octanol–water partition coefficient (Wildman–Crippen LogP) is 3.37. The lowest BCUT2D eigenvalue weighted by Gasteiger charge is -2.20. The van der Waals surface area contributed by atoms with Gasteiger partial charge in [0.05, 0.1) is 34.6 Å². The minimum atomic E-state index is -4.63. The number of ether oxygens (including phenoxy) is 1. The summed E-state index contributed by atoms with van der Waals surface area (Å²) in [6.07, 6.45) is -2.67. The molecule has 0 amide bonds. The van der Waals surface area contributed by atoms with Gasteiger partial charge in [0, 0.05) is 12.5 Å². The Hall–Kier alpha value is -3.22. The van der Waals surface area contributed by atoms with Crippen molar-refractivity contribution in [1.82, 2.24) is 19.9 Å². The Morgan fingerprint density at radius 2 is 1.91 bits per heavy atom. The van der Waals surface area contributed by atoms with Crippen LogP contribution in [0.5, 0.6) is 0 Å². The number of esters is 1. The van der Waals surface area contributed by atoms with Gasteiger partial charge in [0.25, 0.3) is 0 Å². The lowest BCUT2D eigenvalue weighted by atomic mass is 10.0. The van der Waals surface area contributed by atoms with E-state index in [2.05, 4.69) is 30.0 Å². The largest absolute Gasteiger partial charge is 0.465 e. The second-order valence-corrected chi connectivity index (χ2v) is 9.36. The van der Waals surface area contributed by atoms with Crippen LogP contribution in [0.25, 0.3) is 11.0 Å². The van der Waals surface area contributed by atoms with E-state index in [1.807, 2.05) is 0 Å². The zero-order valence-electron chi connectivity index (χ0n) is 17.5. The van der Waals surface area contributed by atoms with Crippen molar-refractivity contribution < 1.29 is 31.1 Å². The van der Waals surface area contributed by atoms with Crippen molar-refractivity contribution in [2.24, 2.45) is 5.92 Å². The standard InChI is InChI=1S/C19H20F3N5O4S/c1-9(2)15(27-18-23-6-5-14(26-18)19(20,21)22)16-24-11-7-10(17(28)31-3)13(32(4,29)30)8-12(11)25-16/h5-9,15H,1-4H3,(H,24,25)(H,23,26,27). The molecule has 0 radical (unpaired) electrons. The first kappa shape index (κ1) is 23.4. The molecule has 0 spiro atoms. The molecule has 0 bridgehead atoms. The molecule has 3 aromatic rings. The van der Waals surface area contributed by atoms with Crippen LogP contribution in [0, 0.1) is 5.92 Å². The molecular weight excluding hydrogens is 451 g/mol. The first-order chi connectivity index (χ1) is 14.8. The van der Waals surface area contributed by atoms with Crippen LogP contribution < -0.4 is 5.32 Å². The number of halogens is 3. The van der Waals surface area contributed by atoms with Crippen LogP contribution in [0.2, 0.25) is 0 Å². The highest BCUT2D eigenvalue weighted by Gasteiger charge is 2.33. The molecule has 172 valence electrons. The number of rotatable bonds is 6. The first-order valence-electron chi connectivity index (χ1n) is 9.30. The molecule has 9 nitrogen and oxygen atoms in total. The molecular formula is C19H20F3N5O4S. The third-order valence-corrected chi connectivity index (χ3v) is 5.73. The number of hydrogen-bond acceptors (Lipinski definition) is 8. The number of aromatic nitrogens is 4. The Kier molecular flexibility index (Phi) is 6.13. The monoisotopic (exact) mass is 471 g/mol. The molecule has 3 rings (SSSR count). The molecule has 0 aliphatic carbocycles. The molecule has 1 aromatic carbocycles. The van der Waals surface area contributed by atoms with Gasteiger partial charge in [-0.2, -0.15) is 13.2 Å². The van der Waals surface area contributed by atoms with Crippen LogP contribution in [0.3, 0.4) is 0 Å². The van der Waals surface area contributed by atoms with Crippen molar-refractivity contribution in [3.63, 3.8) is 0 Å². The SMILES string of the molecule is COC(=O)c1cc2nc(C(Nc3nccc(C(F)(F)F)n3)C(C)C)[nH]c2cc1S(C)(=O)=O. The number of fused-ring (bicyclic) bond motifs is 1. The summed E-state index contributed by atoms with van der Waals surface area (Å²) in [5.74, 6) is -0.959. The van der Waals surface area contributed by atoms with E-state index in [-0.39, 0.29) is 27.8 Å². The average Bonchev–Trinajstić information content (AvgIpc) is 3.11. The summed E-state index contributed by atoms with van der Waals surface area (Å²) in [6.45, 7) is 3.61. The van der Waals surface area contributed by atoms with Crippen LogP contribution in [-0.2, 0) is 20.8 Å². The summed E-state index contributed by atoms with van der Waals surface area (Å²) in [4.78, 5) is 26.6. The van der Waals surface area contributed by atoms with Crippen molar-refractivity contribution in [3.05, 3.63) is 41.5 Å². The number of nitrogens with one attached hydrogen (secondary N) is 2. The van der Waals surface area contributed by atoms with Gasteiger partial charge in [0.1, 0.15) is 11.5 Å². The number of methoxy groups -OCH3 is 1. The van der Waals surface area contributed by atoms with E-state index in [0.717, 1.165) is 25.6 Å². The number of nitrogens with zero attached hydrogens (tertiary/aromatic N) is 3. The maximum absolute atomic E-state index is 13.0. The summed E-state index contributed by atoms with van der Waals surface area (Å²) in [6, 6.07) is 2.67. The quantitative estimate of drug-likeness (QED) is 0.524. The average molecular weight is 471 g/mol. The molecule has 2 heterocycles. The molecule has 0 saturated heterocycles. The molecule has 13 heteroatoms. The highest BCUT2D eigenvalue weighted by molar-refractivity contribution is 7.90. The number of sulfone groups is 1. The summed E-state index contributed by atoms with van der Waals surface area (Å²) in [5, 5.41) is 2.84. The van der Waals surface area contributed by atoms with E-state index >= 15 is 0 Å². The Balaban J connectivity index is 2.07.